The molecule has 4 rings (SSSR count). The second kappa shape index (κ2) is 8.70. The molecule has 2 aromatic rings. The summed E-state index contributed by atoms with van der Waals surface area (Å²) in [5, 5.41) is 4.61. The minimum absolute atomic E-state index is 0.417. The third-order valence-electron chi connectivity index (χ3n) is 5.91. The molecule has 0 unspecified atom stereocenters. The van der Waals surface area contributed by atoms with Crippen LogP contribution >= 0.6 is 0 Å². The SMILES string of the molecule is O=Cc1cnn(-c2cccc(N3CCOCC3)c2)c1C1CCCCCCC1. The van der Waals surface area contributed by atoms with Crippen molar-refractivity contribution >= 4 is 12.0 Å². The third-order valence-corrected chi connectivity index (χ3v) is 5.91. The summed E-state index contributed by atoms with van der Waals surface area (Å²) in [5.74, 6) is 0.417. The van der Waals surface area contributed by atoms with E-state index in [-0.39, 0.29) is 0 Å². The normalized spacial score (nSPS) is 19.5. The maximum Gasteiger partial charge on any atom is 0.153 e. The van der Waals surface area contributed by atoms with E-state index in [4.69, 9.17) is 4.74 Å². The highest BCUT2D eigenvalue weighted by molar-refractivity contribution is 5.77. The van der Waals surface area contributed by atoms with Crippen LogP contribution < -0.4 is 4.90 Å². The number of carbonyl (C=O) groups excluding carboxylic acids is 1. The van der Waals surface area contributed by atoms with E-state index in [1.165, 1.54) is 37.8 Å². The Hall–Kier alpha value is -2.14. The molecule has 1 aliphatic carbocycles. The Bertz CT molecular complexity index is 757. The van der Waals surface area contributed by atoms with Gasteiger partial charge in [0, 0.05) is 24.7 Å². The second-order valence-electron chi connectivity index (χ2n) is 7.68. The van der Waals surface area contributed by atoms with Gasteiger partial charge in [-0.2, -0.15) is 5.10 Å². The highest BCUT2D eigenvalue weighted by atomic mass is 16.5. The van der Waals surface area contributed by atoms with Crippen LogP contribution in [0.1, 0.15) is 66.9 Å². The third kappa shape index (κ3) is 4.08. The average molecular weight is 367 g/mol. The van der Waals surface area contributed by atoms with Crippen molar-refractivity contribution in [3.05, 3.63) is 41.7 Å². The lowest BCUT2D eigenvalue weighted by atomic mass is 9.87. The number of hydrogen-bond acceptors (Lipinski definition) is 4. The summed E-state index contributed by atoms with van der Waals surface area (Å²) in [6, 6.07) is 8.52. The van der Waals surface area contributed by atoms with Crippen LogP contribution in [0.2, 0.25) is 0 Å². The first-order valence-corrected chi connectivity index (χ1v) is 10.3. The fourth-order valence-corrected chi connectivity index (χ4v) is 4.45. The van der Waals surface area contributed by atoms with E-state index in [9.17, 15) is 4.79 Å². The number of ether oxygens (including phenoxy) is 1. The fraction of sp³-hybridized carbons (Fsp3) is 0.545. The van der Waals surface area contributed by atoms with Gasteiger partial charge >= 0.3 is 0 Å². The number of rotatable bonds is 4. The molecule has 1 aromatic carbocycles. The quantitative estimate of drug-likeness (QED) is 0.754. The summed E-state index contributed by atoms with van der Waals surface area (Å²) in [6.07, 6.45) is 11.4. The molecule has 2 fully saturated rings. The number of nitrogens with zero attached hydrogens (tertiary/aromatic N) is 3. The molecule has 1 aliphatic heterocycles. The Labute approximate surface area is 161 Å². The standard InChI is InChI=1S/C22H29N3O2/c26-17-19-16-23-25(22(19)18-7-4-2-1-3-5-8-18)21-10-6-9-20(15-21)24-11-13-27-14-12-24/h6,9-10,15-18H,1-5,7-8,11-14H2. The Morgan fingerprint density at radius 2 is 1.70 bits per heavy atom. The number of carbonyl (C=O) groups is 1. The molecule has 1 saturated heterocycles. The van der Waals surface area contributed by atoms with Gasteiger partial charge in [-0.3, -0.25) is 4.79 Å². The summed E-state index contributed by atoms with van der Waals surface area (Å²) in [5.41, 5.74) is 4.09. The van der Waals surface area contributed by atoms with E-state index < -0.39 is 0 Å². The fourth-order valence-electron chi connectivity index (χ4n) is 4.45. The van der Waals surface area contributed by atoms with Crippen molar-refractivity contribution in [2.75, 3.05) is 31.2 Å². The molecule has 1 aromatic heterocycles. The summed E-state index contributed by atoms with van der Waals surface area (Å²) >= 11 is 0. The minimum atomic E-state index is 0.417. The number of aldehydes is 1. The van der Waals surface area contributed by atoms with Gasteiger partial charge in [0.15, 0.2) is 6.29 Å². The van der Waals surface area contributed by atoms with Gasteiger partial charge in [0.1, 0.15) is 0 Å². The number of morpholine rings is 1. The molecule has 27 heavy (non-hydrogen) atoms. The predicted octanol–water partition coefficient (Wildman–Crippen LogP) is 4.35. The maximum atomic E-state index is 11.7. The largest absolute Gasteiger partial charge is 0.378 e. The van der Waals surface area contributed by atoms with Crippen LogP contribution in [-0.4, -0.2) is 42.4 Å². The van der Waals surface area contributed by atoms with Gasteiger partial charge in [0.25, 0.3) is 0 Å². The van der Waals surface area contributed by atoms with Crippen molar-refractivity contribution in [2.45, 2.75) is 50.9 Å². The smallest absolute Gasteiger partial charge is 0.153 e. The van der Waals surface area contributed by atoms with Crippen molar-refractivity contribution in [2.24, 2.45) is 0 Å². The number of hydrogen-bond donors (Lipinski definition) is 0. The lowest BCUT2D eigenvalue weighted by molar-refractivity contribution is 0.112. The van der Waals surface area contributed by atoms with Crippen LogP contribution in [-0.2, 0) is 4.74 Å². The minimum Gasteiger partial charge on any atom is -0.378 e. The second-order valence-corrected chi connectivity index (χ2v) is 7.68. The molecule has 0 N–H and O–H groups in total. The van der Waals surface area contributed by atoms with Crippen LogP contribution in [0.25, 0.3) is 5.69 Å². The summed E-state index contributed by atoms with van der Waals surface area (Å²) in [7, 11) is 0. The zero-order valence-corrected chi connectivity index (χ0v) is 16.0. The number of aromatic nitrogens is 2. The van der Waals surface area contributed by atoms with Gasteiger partial charge in [-0.25, -0.2) is 4.68 Å². The molecule has 1 saturated carbocycles. The van der Waals surface area contributed by atoms with Gasteiger partial charge in [0.05, 0.1) is 36.4 Å². The average Bonchev–Trinajstić information content (AvgIpc) is 3.13. The molecule has 144 valence electrons. The van der Waals surface area contributed by atoms with Crippen molar-refractivity contribution in [3.8, 4) is 5.69 Å². The van der Waals surface area contributed by atoms with Gasteiger partial charge < -0.3 is 9.64 Å². The summed E-state index contributed by atoms with van der Waals surface area (Å²) < 4.78 is 7.49. The highest BCUT2D eigenvalue weighted by Gasteiger charge is 2.23. The molecule has 0 amide bonds. The zero-order valence-electron chi connectivity index (χ0n) is 16.0. The number of anilines is 1. The van der Waals surface area contributed by atoms with Crippen molar-refractivity contribution in [1.29, 1.82) is 0 Å². The van der Waals surface area contributed by atoms with E-state index in [1.807, 2.05) is 4.68 Å². The molecular formula is C22H29N3O2. The molecule has 0 spiro atoms. The van der Waals surface area contributed by atoms with Crippen LogP contribution in [0, 0.1) is 0 Å². The Kier molecular flexibility index (Phi) is 5.87. The summed E-state index contributed by atoms with van der Waals surface area (Å²) in [4.78, 5) is 14.1. The van der Waals surface area contributed by atoms with E-state index in [0.717, 1.165) is 62.4 Å². The lowest BCUT2D eigenvalue weighted by Gasteiger charge is -2.29. The number of benzene rings is 1. The molecule has 5 nitrogen and oxygen atoms in total. The highest BCUT2D eigenvalue weighted by Crippen LogP contribution is 2.34. The molecule has 5 heteroatoms. The maximum absolute atomic E-state index is 11.7. The van der Waals surface area contributed by atoms with Crippen LogP contribution in [0.5, 0.6) is 0 Å². The monoisotopic (exact) mass is 367 g/mol. The van der Waals surface area contributed by atoms with Crippen LogP contribution in [0.3, 0.4) is 0 Å². The van der Waals surface area contributed by atoms with E-state index in [0.29, 0.717) is 5.92 Å². The Morgan fingerprint density at radius 1 is 1.00 bits per heavy atom. The first kappa shape index (κ1) is 18.2. The van der Waals surface area contributed by atoms with E-state index in [1.54, 1.807) is 6.20 Å². The predicted molar refractivity (Wildman–Crippen MR) is 107 cm³/mol. The van der Waals surface area contributed by atoms with E-state index in [2.05, 4.69) is 34.3 Å². The van der Waals surface area contributed by atoms with Crippen molar-refractivity contribution in [1.82, 2.24) is 9.78 Å². The molecular weight excluding hydrogens is 338 g/mol. The Balaban J connectivity index is 1.67. The molecule has 2 heterocycles. The van der Waals surface area contributed by atoms with Crippen molar-refractivity contribution < 1.29 is 9.53 Å². The molecule has 0 radical (unpaired) electrons. The van der Waals surface area contributed by atoms with Gasteiger partial charge in [-0.1, -0.05) is 38.2 Å². The Morgan fingerprint density at radius 3 is 2.44 bits per heavy atom. The molecule has 2 aliphatic rings. The van der Waals surface area contributed by atoms with Crippen LogP contribution in [0.15, 0.2) is 30.5 Å². The molecule has 0 bridgehead atoms. The van der Waals surface area contributed by atoms with Crippen LogP contribution in [0.4, 0.5) is 5.69 Å². The molecule has 0 atom stereocenters. The summed E-state index contributed by atoms with van der Waals surface area (Å²) in [6.45, 7) is 3.37. The van der Waals surface area contributed by atoms with E-state index >= 15 is 0 Å². The van der Waals surface area contributed by atoms with Gasteiger partial charge in [-0.05, 0) is 31.0 Å². The topological polar surface area (TPSA) is 47.4 Å². The zero-order chi connectivity index (χ0) is 18.5. The van der Waals surface area contributed by atoms with Gasteiger partial charge in [-0.15, -0.1) is 0 Å². The first-order chi connectivity index (χ1) is 13.4. The lowest BCUT2D eigenvalue weighted by Crippen LogP contribution is -2.36. The van der Waals surface area contributed by atoms with Crippen molar-refractivity contribution in [3.63, 3.8) is 0 Å². The van der Waals surface area contributed by atoms with Gasteiger partial charge in [0.2, 0.25) is 0 Å². The first-order valence-electron chi connectivity index (χ1n) is 10.3.